The van der Waals surface area contributed by atoms with Crippen molar-refractivity contribution in [1.29, 1.82) is 0 Å². The summed E-state index contributed by atoms with van der Waals surface area (Å²) in [6.45, 7) is 2.43. The highest BCUT2D eigenvalue weighted by Crippen LogP contribution is 2.45. The number of halogens is 3. The van der Waals surface area contributed by atoms with Crippen molar-refractivity contribution in [3.05, 3.63) is 40.5 Å². The van der Waals surface area contributed by atoms with Crippen LogP contribution >= 0.6 is 23.1 Å². The highest BCUT2D eigenvalue weighted by Gasteiger charge is 2.39. The van der Waals surface area contributed by atoms with E-state index in [0.29, 0.717) is 50.6 Å². The maximum Gasteiger partial charge on any atom is 0.420 e. The Balaban J connectivity index is 1.23. The maximum absolute atomic E-state index is 14.0. The molecular weight excluding hydrogens is 547 g/mol. The van der Waals surface area contributed by atoms with Gasteiger partial charge in [0, 0.05) is 61.5 Å². The fraction of sp³-hybridized carbons (Fsp3) is 0.462. The van der Waals surface area contributed by atoms with Gasteiger partial charge in [-0.1, -0.05) is 0 Å². The van der Waals surface area contributed by atoms with Crippen LogP contribution in [0.25, 0.3) is 10.6 Å². The van der Waals surface area contributed by atoms with Gasteiger partial charge in [0.05, 0.1) is 22.0 Å². The molecule has 8 nitrogen and oxygen atoms in total. The number of amides is 1. The Morgan fingerprint density at radius 3 is 2.64 bits per heavy atom. The lowest BCUT2D eigenvalue weighted by atomic mass is 9.91. The maximum atomic E-state index is 14.0. The Bertz CT molecular complexity index is 1440. The summed E-state index contributed by atoms with van der Waals surface area (Å²) in [5.74, 6) is 1.80. The second kappa shape index (κ2) is 9.34. The third-order valence-corrected chi connectivity index (χ3v) is 9.90. The van der Waals surface area contributed by atoms with Crippen LogP contribution in [-0.2, 0) is 6.18 Å². The highest BCUT2D eigenvalue weighted by atomic mass is 32.2. The molecule has 4 aliphatic heterocycles. The summed E-state index contributed by atoms with van der Waals surface area (Å²) in [5, 5.41) is 6.69. The molecule has 2 N–H and O–H groups in total. The number of nitrogens with zero attached hydrogens (tertiary/aromatic N) is 5. The molecule has 204 valence electrons. The SMILES string of the molecule is CN1CCSc2cc(-c3nc(Nc4ccc(N5CC6CC(C5)N6)nc4C4CC4)ncc3C(F)(F)F)sc2C1=O. The van der Waals surface area contributed by atoms with Crippen LogP contribution in [0.2, 0.25) is 0 Å². The quantitative estimate of drug-likeness (QED) is 0.443. The van der Waals surface area contributed by atoms with E-state index in [1.807, 2.05) is 12.1 Å². The van der Waals surface area contributed by atoms with E-state index in [-0.39, 0.29) is 17.5 Å². The van der Waals surface area contributed by atoms with Crippen LogP contribution in [0.4, 0.5) is 30.6 Å². The number of piperidine rings is 1. The number of aromatic nitrogens is 3. The summed E-state index contributed by atoms with van der Waals surface area (Å²) in [5.41, 5.74) is 0.453. The molecule has 8 rings (SSSR count). The number of rotatable bonds is 5. The van der Waals surface area contributed by atoms with E-state index in [0.717, 1.165) is 55.0 Å². The number of carbonyl (C=O) groups excluding carboxylic acids is 1. The number of fused-ring (bicyclic) bond motifs is 3. The van der Waals surface area contributed by atoms with Gasteiger partial charge in [-0.15, -0.1) is 23.1 Å². The third-order valence-electron chi connectivity index (χ3n) is 7.62. The number of thiophene rings is 1. The van der Waals surface area contributed by atoms with E-state index in [2.05, 4.69) is 25.5 Å². The van der Waals surface area contributed by atoms with Gasteiger partial charge < -0.3 is 20.4 Å². The molecular formula is C26H26F3N7OS2. The lowest BCUT2D eigenvalue weighted by molar-refractivity contribution is -0.137. The molecule has 7 heterocycles. The summed E-state index contributed by atoms with van der Waals surface area (Å²) in [7, 11) is 1.70. The van der Waals surface area contributed by atoms with Crippen molar-refractivity contribution in [1.82, 2.24) is 25.2 Å². The van der Waals surface area contributed by atoms with Gasteiger partial charge in [-0.3, -0.25) is 4.79 Å². The van der Waals surface area contributed by atoms with Crippen LogP contribution in [-0.4, -0.2) is 70.3 Å². The molecule has 13 heteroatoms. The number of pyridine rings is 1. The number of anilines is 3. The smallest absolute Gasteiger partial charge is 0.353 e. The van der Waals surface area contributed by atoms with Crippen molar-refractivity contribution >= 4 is 46.5 Å². The van der Waals surface area contributed by atoms with Gasteiger partial charge >= 0.3 is 6.18 Å². The molecule has 1 amide bonds. The van der Waals surface area contributed by atoms with Crippen molar-refractivity contribution in [3.8, 4) is 10.6 Å². The normalized spacial score (nSPS) is 22.8. The fourth-order valence-corrected chi connectivity index (χ4v) is 7.82. The zero-order valence-corrected chi connectivity index (χ0v) is 22.7. The molecule has 1 aliphatic carbocycles. The first-order chi connectivity index (χ1) is 18.7. The number of hydrogen-bond donors (Lipinski definition) is 2. The van der Waals surface area contributed by atoms with Crippen molar-refractivity contribution in [3.63, 3.8) is 0 Å². The predicted molar refractivity (Wildman–Crippen MR) is 145 cm³/mol. The van der Waals surface area contributed by atoms with E-state index in [4.69, 9.17) is 4.98 Å². The monoisotopic (exact) mass is 573 g/mol. The Kier molecular flexibility index (Phi) is 6.01. The van der Waals surface area contributed by atoms with Crippen molar-refractivity contribution in [2.75, 3.05) is 42.7 Å². The van der Waals surface area contributed by atoms with Crippen LogP contribution in [0.1, 0.15) is 46.1 Å². The largest absolute Gasteiger partial charge is 0.420 e. The van der Waals surface area contributed by atoms with Gasteiger partial charge in [0.2, 0.25) is 5.95 Å². The average Bonchev–Trinajstić information content (AvgIpc) is 3.68. The number of carbonyl (C=O) groups is 1. The molecule has 0 spiro atoms. The molecule has 2 unspecified atom stereocenters. The van der Waals surface area contributed by atoms with Gasteiger partial charge in [0.15, 0.2) is 0 Å². The van der Waals surface area contributed by atoms with Crippen molar-refractivity contribution < 1.29 is 18.0 Å². The third kappa shape index (κ3) is 4.74. The molecule has 2 bridgehead atoms. The highest BCUT2D eigenvalue weighted by molar-refractivity contribution is 7.99. The Morgan fingerprint density at radius 2 is 1.92 bits per heavy atom. The molecule has 4 fully saturated rings. The Morgan fingerprint density at radius 1 is 1.15 bits per heavy atom. The number of piperazine rings is 1. The summed E-state index contributed by atoms with van der Waals surface area (Å²) in [6.07, 6.45) is -0.566. The van der Waals surface area contributed by atoms with E-state index < -0.39 is 11.7 Å². The minimum Gasteiger partial charge on any atom is -0.353 e. The van der Waals surface area contributed by atoms with E-state index in [1.165, 1.54) is 18.2 Å². The van der Waals surface area contributed by atoms with Gasteiger partial charge in [-0.25, -0.2) is 15.0 Å². The van der Waals surface area contributed by atoms with Gasteiger partial charge in [0.25, 0.3) is 5.91 Å². The molecule has 5 aliphatic rings. The van der Waals surface area contributed by atoms with E-state index >= 15 is 0 Å². The molecule has 3 saturated heterocycles. The van der Waals surface area contributed by atoms with Crippen molar-refractivity contribution in [2.45, 2.75) is 48.3 Å². The first-order valence-electron chi connectivity index (χ1n) is 13.0. The van der Waals surface area contributed by atoms with Crippen LogP contribution in [0.3, 0.4) is 0 Å². The second-order valence-electron chi connectivity index (χ2n) is 10.5. The minimum absolute atomic E-state index is 0.0672. The summed E-state index contributed by atoms with van der Waals surface area (Å²) in [4.78, 5) is 31.5. The Labute approximate surface area is 231 Å². The zero-order valence-electron chi connectivity index (χ0n) is 21.1. The molecule has 3 aromatic heterocycles. The van der Waals surface area contributed by atoms with Crippen LogP contribution in [0.15, 0.2) is 29.3 Å². The first kappa shape index (κ1) is 25.1. The van der Waals surface area contributed by atoms with Crippen LogP contribution in [0, 0.1) is 0 Å². The minimum atomic E-state index is -4.64. The average molecular weight is 574 g/mol. The van der Waals surface area contributed by atoms with Crippen molar-refractivity contribution in [2.24, 2.45) is 0 Å². The molecule has 0 aromatic carbocycles. The lowest BCUT2D eigenvalue weighted by Crippen LogP contribution is -2.67. The van der Waals surface area contributed by atoms with Gasteiger partial charge in [0.1, 0.15) is 16.3 Å². The standard InChI is InChI=1S/C26H26F3N7OS2/c1-35-6-7-38-19-9-18(39-23(19)24(35)37)22-16(26(27,28)29)10-30-25(34-22)32-17-4-5-20(33-21(17)13-2-3-13)36-11-14-8-15(12-36)31-14/h4-5,9-10,13-15,31H,2-3,6-8,11-12H2,1H3,(H,30,32,34). The summed E-state index contributed by atoms with van der Waals surface area (Å²) in [6, 6.07) is 6.55. The molecule has 39 heavy (non-hydrogen) atoms. The first-order valence-corrected chi connectivity index (χ1v) is 14.8. The molecule has 3 aromatic rings. The Hall–Kier alpha value is -2.90. The van der Waals surface area contributed by atoms with Crippen LogP contribution in [0.5, 0.6) is 0 Å². The predicted octanol–water partition coefficient (Wildman–Crippen LogP) is 4.97. The second-order valence-corrected chi connectivity index (χ2v) is 12.7. The summed E-state index contributed by atoms with van der Waals surface area (Å²) < 4.78 is 42.0. The van der Waals surface area contributed by atoms with E-state index in [9.17, 15) is 18.0 Å². The number of thioether (sulfide) groups is 1. The lowest BCUT2D eigenvalue weighted by Gasteiger charge is -2.48. The topological polar surface area (TPSA) is 86.3 Å². The van der Waals surface area contributed by atoms with E-state index in [1.54, 1.807) is 18.0 Å². The van der Waals surface area contributed by atoms with Gasteiger partial charge in [-0.2, -0.15) is 13.2 Å². The zero-order chi connectivity index (χ0) is 26.9. The summed E-state index contributed by atoms with van der Waals surface area (Å²) >= 11 is 2.52. The molecule has 0 radical (unpaired) electrons. The van der Waals surface area contributed by atoms with Crippen LogP contribution < -0.4 is 15.5 Å². The number of hydrogen-bond acceptors (Lipinski definition) is 9. The fourth-order valence-electron chi connectivity index (χ4n) is 5.39. The molecule has 1 saturated carbocycles. The van der Waals surface area contributed by atoms with Gasteiger partial charge in [-0.05, 0) is 37.5 Å². The number of alkyl halides is 3. The number of nitrogens with one attached hydrogen (secondary N) is 2. The molecule has 2 atom stereocenters.